The number of nitrogens with two attached hydrogens (primary N) is 1. The molecule has 1 saturated heterocycles. The number of amides is 1. The van der Waals surface area contributed by atoms with Gasteiger partial charge in [-0.1, -0.05) is 12.6 Å². The highest BCUT2D eigenvalue weighted by atomic mass is 19.1. The summed E-state index contributed by atoms with van der Waals surface area (Å²) in [7, 11) is 0. The van der Waals surface area contributed by atoms with E-state index in [0.717, 1.165) is 24.9 Å². The van der Waals surface area contributed by atoms with Crippen LogP contribution in [0.25, 0.3) is 11.3 Å². The SMILES string of the molecule is C=CC(=O)N1CCCC(COc2c(N)ncnc2-c2cc(F)ccc2C)C1. The largest absolute Gasteiger partial charge is 0.487 e. The van der Waals surface area contributed by atoms with Gasteiger partial charge in [0.1, 0.15) is 17.8 Å². The normalized spacial score (nSPS) is 16.8. The van der Waals surface area contributed by atoms with Gasteiger partial charge in [-0.2, -0.15) is 0 Å². The van der Waals surface area contributed by atoms with Crippen molar-refractivity contribution in [3.63, 3.8) is 0 Å². The lowest BCUT2D eigenvalue weighted by molar-refractivity contribution is -0.127. The number of carbonyl (C=O) groups is 1. The lowest BCUT2D eigenvalue weighted by atomic mass is 9.99. The number of anilines is 1. The van der Waals surface area contributed by atoms with Crippen molar-refractivity contribution in [1.29, 1.82) is 0 Å². The third-order valence-corrected chi connectivity index (χ3v) is 4.75. The number of ether oxygens (including phenoxy) is 1. The number of benzene rings is 1. The number of aryl methyl sites for hydroxylation is 1. The monoisotopic (exact) mass is 370 g/mol. The molecule has 0 spiro atoms. The molecule has 2 heterocycles. The van der Waals surface area contributed by atoms with Gasteiger partial charge in [0, 0.05) is 24.6 Å². The molecule has 1 aliphatic rings. The minimum atomic E-state index is -0.357. The van der Waals surface area contributed by atoms with E-state index >= 15 is 0 Å². The van der Waals surface area contributed by atoms with Crippen LogP contribution in [0.2, 0.25) is 0 Å². The van der Waals surface area contributed by atoms with E-state index in [1.165, 1.54) is 24.5 Å². The average Bonchev–Trinajstić information content (AvgIpc) is 2.68. The molecule has 142 valence electrons. The Balaban J connectivity index is 1.80. The second-order valence-corrected chi connectivity index (χ2v) is 6.70. The number of hydrogen-bond donors (Lipinski definition) is 1. The highest BCUT2D eigenvalue weighted by molar-refractivity contribution is 5.87. The smallest absolute Gasteiger partial charge is 0.245 e. The van der Waals surface area contributed by atoms with Gasteiger partial charge in [-0.25, -0.2) is 14.4 Å². The Labute approximate surface area is 157 Å². The van der Waals surface area contributed by atoms with Crippen molar-refractivity contribution in [2.75, 3.05) is 25.4 Å². The second kappa shape index (κ2) is 8.16. The summed E-state index contributed by atoms with van der Waals surface area (Å²) in [5, 5.41) is 0. The number of carbonyl (C=O) groups excluding carboxylic acids is 1. The predicted octanol–water partition coefficient (Wildman–Crippen LogP) is 2.98. The number of hydrogen-bond acceptors (Lipinski definition) is 5. The van der Waals surface area contributed by atoms with Crippen molar-refractivity contribution >= 4 is 11.7 Å². The van der Waals surface area contributed by atoms with E-state index in [9.17, 15) is 9.18 Å². The zero-order valence-electron chi connectivity index (χ0n) is 15.3. The van der Waals surface area contributed by atoms with Gasteiger partial charge in [0.25, 0.3) is 0 Å². The maximum absolute atomic E-state index is 13.7. The fourth-order valence-electron chi connectivity index (χ4n) is 3.30. The standard InChI is InChI=1S/C20H23FN4O2/c1-3-17(26)25-8-4-5-14(10-25)11-27-19-18(23-12-24-20(19)22)16-9-15(21)7-6-13(16)2/h3,6-7,9,12,14H,1,4-5,8,10-11H2,2H3,(H2,22,23,24). The van der Waals surface area contributed by atoms with Crippen LogP contribution in [0.1, 0.15) is 18.4 Å². The van der Waals surface area contributed by atoms with Crippen LogP contribution in [0, 0.1) is 18.7 Å². The average molecular weight is 370 g/mol. The van der Waals surface area contributed by atoms with Crippen LogP contribution in [0.5, 0.6) is 5.75 Å². The van der Waals surface area contributed by atoms with Gasteiger partial charge in [-0.15, -0.1) is 0 Å². The van der Waals surface area contributed by atoms with Crippen LogP contribution in [-0.2, 0) is 4.79 Å². The number of nitrogens with zero attached hydrogens (tertiary/aromatic N) is 3. The third-order valence-electron chi connectivity index (χ3n) is 4.75. The first-order valence-corrected chi connectivity index (χ1v) is 8.90. The molecule has 1 fully saturated rings. The lowest BCUT2D eigenvalue weighted by Gasteiger charge is -2.32. The van der Waals surface area contributed by atoms with Crippen molar-refractivity contribution in [2.45, 2.75) is 19.8 Å². The lowest BCUT2D eigenvalue weighted by Crippen LogP contribution is -2.40. The fourth-order valence-corrected chi connectivity index (χ4v) is 3.30. The van der Waals surface area contributed by atoms with Crippen LogP contribution in [-0.4, -0.2) is 40.5 Å². The molecule has 0 bridgehead atoms. The summed E-state index contributed by atoms with van der Waals surface area (Å²) in [6.45, 7) is 7.12. The third kappa shape index (κ3) is 4.24. The van der Waals surface area contributed by atoms with E-state index < -0.39 is 0 Å². The number of rotatable bonds is 5. The molecular formula is C20H23FN4O2. The molecule has 27 heavy (non-hydrogen) atoms. The van der Waals surface area contributed by atoms with Gasteiger partial charge < -0.3 is 15.4 Å². The fraction of sp³-hybridized carbons (Fsp3) is 0.350. The van der Waals surface area contributed by atoms with Crippen molar-refractivity contribution in [3.05, 3.63) is 48.6 Å². The van der Waals surface area contributed by atoms with Gasteiger partial charge in [0.05, 0.1) is 6.61 Å². The van der Waals surface area contributed by atoms with E-state index in [2.05, 4.69) is 16.5 Å². The summed E-state index contributed by atoms with van der Waals surface area (Å²) in [5.41, 5.74) is 7.96. The van der Waals surface area contributed by atoms with Crippen LogP contribution < -0.4 is 10.5 Å². The maximum atomic E-state index is 13.7. The van der Waals surface area contributed by atoms with Gasteiger partial charge >= 0.3 is 0 Å². The highest BCUT2D eigenvalue weighted by Crippen LogP contribution is 2.34. The molecular weight excluding hydrogens is 347 g/mol. The van der Waals surface area contributed by atoms with E-state index in [-0.39, 0.29) is 23.5 Å². The summed E-state index contributed by atoms with van der Waals surface area (Å²) in [6, 6.07) is 4.50. The molecule has 1 aromatic carbocycles. The van der Waals surface area contributed by atoms with Gasteiger partial charge in [-0.05, 0) is 43.5 Å². The quantitative estimate of drug-likeness (QED) is 0.819. The van der Waals surface area contributed by atoms with E-state index in [4.69, 9.17) is 10.5 Å². The van der Waals surface area contributed by atoms with Crippen molar-refractivity contribution < 1.29 is 13.9 Å². The molecule has 6 nitrogen and oxygen atoms in total. The molecule has 0 aliphatic carbocycles. The highest BCUT2D eigenvalue weighted by Gasteiger charge is 2.24. The molecule has 0 saturated carbocycles. The second-order valence-electron chi connectivity index (χ2n) is 6.70. The van der Waals surface area contributed by atoms with Crippen LogP contribution in [0.3, 0.4) is 0 Å². The van der Waals surface area contributed by atoms with Crippen molar-refractivity contribution in [2.24, 2.45) is 5.92 Å². The Hall–Kier alpha value is -2.96. The topological polar surface area (TPSA) is 81.3 Å². The molecule has 1 aromatic heterocycles. The molecule has 1 amide bonds. The maximum Gasteiger partial charge on any atom is 0.245 e. The summed E-state index contributed by atoms with van der Waals surface area (Å²) < 4.78 is 19.7. The molecule has 3 rings (SSSR count). The number of aromatic nitrogens is 2. The number of halogens is 1. The minimum absolute atomic E-state index is 0.0710. The zero-order valence-corrected chi connectivity index (χ0v) is 15.3. The van der Waals surface area contributed by atoms with E-state index in [1.807, 2.05) is 6.92 Å². The predicted molar refractivity (Wildman–Crippen MR) is 102 cm³/mol. The van der Waals surface area contributed by atoms with Crippen LogP contribution in [0.4, 0.5) is 10.2 Å². The summed E-state index contributed by atoms with van der Waals surface area (Å²) in [5.74, 6) is 0.295. The van der Waals surface area contributed by atoms with Crippen molar-refractivity contribution in [1.82, 2.24) is 14.9 Å². The van der Waals surface area contributed by atoms with Crippen molar-refractivity contribution in [3.8, 4) is 17.0 Å². The molecule has 1 atom stereocenters. The number of piperidine rings is 1. The molecule has 7 heteroatoms. The Bertz CT molecular complexity index is 856. The van der Waals surface area contributed by atoms with E-state index in [0.29, 0.717) is 30.2 Å². The van der Waals surface area contributed by atoms with Crippen LogP contribution >= 0.6 is 0 Å². The Kier molecular flexibility index (Phi) is 5.69. The first-order chi connectivity index (χ1) is 13.0. The summed E-state index contributed by atoms with van der Waals surface area (Å²) >= 11 is 0. The number of nitrogen functional groups attached to an aromatic ring is 1. The molecule has 0 radical (unpaired) electrons. The Morgan fingerprint density at radius 1 is 1.48 bits per heavy atom. The Morgan fingerprint density at radius 3 is 3.07 bits per heavy atom. The van der Waals surface area contributed by atoms with Gasteiger partial charge in [-0.3, -0.25) is 4.79 Å². The molecule has 2 N–H and O–H groups in total. The minimum Gasteiger partial charge on any atom is -0.487 e. The van der Waals surface area contributed by atoms with E-state index in [1.54, 1.807) is 11.0 Å². The first kappa shape index (κ1) is 18.8. The Morgan fingerprint density at radius 2 is 2.30 bits per heavy atom. The summed E-state index contributed by atoms with van der Waals surface area (Å²) in [6.07, 6.45) is 4.52. The molecule has 1 unspecified atom stereocenters. The first-order valence-electron chi connectivity index (χ1n) is 8.90. The zero-order chi connectivity index (χ0) is 19.4. The molecule has 1 aliphatic heterocycles. The summed E-state index contributed by atoms with van der Waals surface area (Å²) in [4.78, 5) is 21.9. The number of likely N-dealkylation sites (tertiary alicyclic amines) is 1. The van der Waals surface area contributed by atoms with Gasteiger partial charge in [0.2, 0.25) is 5.91 Å². The van der Waals surface area contributed by atoms with Crippen LogP contribution in [0.15, 0.2) is 37.2 Å². The molecule has 2 aromatic rings. The van der Waals surface area contributed by atoms with Gasteiger partial charge in [0.15, 0.2) is 11.6 Å².